The van der Waals surface area contributed by atoms with E-state index in [1.807, 2.05) is 6.07 Å². The van der Waals surface area contributed by atoms with Crippen LogP contribution in [0.3, 0.4) is 0 Å². The number of benzene rings is 1. The van der Waals surface area contributed by atoms with Crippen molar-refractivity contribution in [2.75, 3.05) is 0 Å². The molecule has 3 rings (SSSR count). The largest absolute Gasteiger partial charge is 0.465 e. The number of Topliss-reactive ketones (excluding diaryl/α,β-unsaturated/α-hetero) is 1. The Bertz CT molecular complexity index is 619. The monoisotopic (exact) mass is 244 g/mol. The maximum Gasteiger partial charge on any atom is 0.402 e. The van der Waals surface area contributed by atoms with E-state index in [1.165, 1.54) is 5.56 Å². The predicted molar refractivity (Wildman–Crippen MR) is 66.6 cm³/mol. The lowest BCUT2D eigenvalue weighted by molar-refractivity contribution is 0.0996. The molecule has 5 nitrogen and oxygen atoms in total. The smallest absolute Gasteiger partial charge is 0.402 e. The van der Waals surface area contributed by atoms with Crippen LogP contribution in [0.15, 0.2) is 30.6 Å². The summed E-state index contributed by atoms with van der Waals surface area (Å²) in [4.78, 5) is 24.5. The second-order valence-electron chi connectivity index (χ2n) is 3.96. The highest BCUT2D eigenvalue weighted by molar-refractivity contribution is 6.11. The second-order valence-corrected chi connectivity index (χ2v) is 3.96. The fourth-order valence-corrected chi connectivity index (χ4v) is 2.12. The lowest BCUT2D eigenvalue weighted by atomic mass is 10.0. The van der Waals surface area contributed by atoms with Gasteiger partial charge in [-0.2, -0.15) is 0 Å². The Morgan fingerprint density at radius 1 is 1.28 bits per heavy atom. The van der Waals surface area contributed by atoms with Gasteiger partial charge in [0, 0.05) is 29.8 Å². The van der Waals surface area contributed by atoms with Gasteiger partial charge in [0.05, 0.1) is 0 Å². The fraction of sp³-hybridized carbons (Fsp3) is 0.154. The fourth-order valence-electron chi connectivity index (χ4n) is 2.12. The first-order chi connectivity index (χ1) is 8.59. The van der Waals surface area contributed by atoms with E-state index in [-0.39, 0.29) is 5.78 Å². The van der Waals surface area contributed by atoms with E-state index in [0.717, 1.165) is 22.8 Å². The number of primary amides is 1. The topological polar surface area (TPSA) is 93.3 Å². The third-order valence-corrected chi connectivity index (χ3v) is 2.81. The number of carboxylic acid groups (broad SMARTS) is 1. The molecule has 0 atom stereocenters. The molecule has 0 bridgehead atoms. The Kier molecular flexibility index (Phi) is 3.23. The molecule has 2 aromatic rings. The van der Waals surface area contributed by atoms with Crippen molar-refractivity contribution < 1.29 is 14.7 Å². The van der Waals surface area contributed by atoms with Crippen molar-refractivity contribution in [1.29, 1.82) is 0 Å². The zero-order chi connectivity index (χ0) is 13.1. The van der Waals surface area contributed by atoms with E-state index in [0.29, 0.717) is 6.42 Å². The molecule has 0 saturated heterocycles. The van der Waals surface area contributed by atoms with Gasteiger partial charge in [-0.3, -0.25) is 9.78 Å². The first-order valence-corrected chi connectivity index (χ1v) is 5.47. The Morgan fingerprint density at radius 3 is 2.72 bits per heavy atom. The second kappa shape index (κ2) is 4.83. The average molecular weight is 244 g/mol. The number of carbonyl (C=O) groups is 2. The number of nitrogens with zero attached hydrogens (tertiary/aromatic N) is 1. The number of nitrogens with two attached hydrogens (primary N) is 1. The number of amides is 1. The molecule has 1 heterocycles. The summed E-state index contributed by atoms with van der Waals surface area (Å²) >= 11 is 0. The number of hydrogen-bond donors (Lipinski definition) is 2. The van der Waals surface area contributed by atoms with Crippen LogP contribution in [-0.2, 0) is 6.42 Å². The zero-order valence-electron chi connectivity index (χ0n) is 9.59. The third-order valence-electron chi connectivity index (χ3n) is 2.81. The van der Waals surface area contributed by atoms with Gasteiger partial charge in [-0.15, -0.1) is 0 Å². The SMILES string of the molecule is NC(=O)O.O=C1CCc2ccc3ccncc3c21. The molecular weight excluding hydrogens is 232 g/mol. The van der Waals surface area contributed by atoms with Gasteiger partial charge in [0.15, 0.2) is 5.78 Å². The van der Waals surface area contributed by atoms with Crippen molar-refractivity contribution in [2.45, 2.75) is 12.8 Å². The van der Waals surface area contributed by atoms with Crippen molar-refractivity contribution in [1.82, 2.24) is 4.98 Å². The van der Waals surface area contributed by atoms with E-state index in [1.54, 1.807) is 12.4 Å². The van der Waals surface area contributed by atoms with Crippen LogP contribution < -0.4 is 5.73 Å². The van der Waals surface area contributed by atoms with E-state index >= 15 is 0 Å². The standard InChI is InChI=1S/C12H9NO.CH3NO2/c14-11-4-3-9-2-1-8-5-6-13-7-10(8)12(9)11;2-1(3)4/h1-2,5-7H,3-4H2;2H2,(H,3,4). The molecule has 5 heteroatoms. The Morgan fingerprint density at radius 2 is 2.00 bits per heavy atom. The molecule has 0 spiro atoms. The Balaban J connectivity index is 0.000000267. The maximum absolute atomic E-state index is 11.7. The number of ketones is 1. The number of aromatic nitrogens is 1. The summed E-state index contributed by atoms with van der Waals surface area (Å²) in [6, 6.07) is 6.07. The van der Waals surface area contributed by atoms with Crippen LogP contribution in [0.25, 0.3) is 10.8 Å². The van der Waals surface area contributed by atoms with Crippen molar-refractivity contribution in [3.8, 4) is 0 Å². The minimum Gasteiger partial charge on any atom is -0.465 e. The molecule has 18 heavy (non-hydrogen) atoms. The molecule has 0 fully saturated rings. The van der Waals surface area contributed by atoms with Crippen LogP contribution in [0.4, 0.5) is 4.79 Å². The van der Waals surface area contributed by atoms with Gasteiger partial charge in [0.2, 0.25) is 0 Å². The van der Waals surface area contributed by atoms with Crippen molar-refractivity contribution in [3.05, 3.63) is 41.7 Å². The number of rotatable bonds is 0. The number of fused-ring (bicyclic) bond motifs is 3. The van der Waals surface area contributed by atoms with Gasteiger partial charge in [-0.05, 0) is 23.4 Å². The molecule has 0 aliphatic heterocycles. The van der Waals surface area contributed by atoms with Crippen LogP contribution in [-0.4, -0.2) is 22.0 Å². The maximum atomic E-state index is 11.7. The number of aryl methyl sites for hydroxylation is 1. The minimum atomic E-state index is -1.33. The third kappa shape index (κ3) is 2.29. The molecule has 92 valence electrons. The number of hydrogen-bond acceptors (Lipinski definition) is 3. The first-order valence-electron chi connectivity index (χ1n) is 5.47. The van der Waals surface area contributed by atoms with Crippen LogP contribution >= 0.6 is 0 Å². The molecule has 0 saturated carbocycles. The summed E-state index contributed by atoms with van der Waals surface area (Å²) in [6.07, 6.45) is 3.76. The molecule has 1 aromatic carbocycles. The summed E-state index contributed by atoms with van der Waals surface area (Å²) in [7, 11) is 0. The summed E-state index contributed by atoms with van der Waals surface area (Å²) < 4.78 is 0. The van der Waals surface area contributed by atoms with Gasteiger partial charge in [0.1, 0.15) is 0 Å². The van der Waals surface area contributed by atoms with Crippen molar-refractivity contribution in [3.63, 3.8) is 0 Å². The summed E-state index contributed by atoms with van der Waals surface area (Å²) in [5.41, 5.74) is 6.10. The van der Waals surface area contributed by atoms with Gasteiger partial charge < -0.3 is 10.8 Å². The molecule has 0 unspecified atom stereocenters. The zero-order valence-corrected chi connectivity index (χ0v) is 9.59. The number of pyridine rings is 1. The van der Waals surface area contributed by atoms with E-state index < -0.39 is 6.09 Å². The van der Waals surface area contributed by atoms with Gasteiger partial charge >= 0.3 is 6.09 Å². The van der Waals surface area contributed by atoms with E-state index in [9.17, 15) is 4.79 Å². The lowest BCUT2D eigenvalue weighted by Crippen LogP contribution is -2.03. The van der Waals surface area contributed by atoms with Crippen LogP contribution in [0.5, 0.6) is 0 Å². The quantitative estimate of drug-likeness (QED) is 0.741. The molecule has 1 amide bonds. The van der Waals surface area contributed by atoms with Gasteiger partial charge in [0.25, 0.3) is 0 Å². The number of carbonyl (C=O) groups excluding carboxylic acids is 1. The summed E-state index contributed by atoms with van der Waals surface area (Å²) in [6.45, 7) is 0. The highest BCUT2D eigenvalue weighted by Gasteiger charge is 2.21. The van der Waals surface area contributed by atoms with Crippen molar-refractivity contribution >= 4 is 22.6 Å². The van der Waals surface area contributed by atoms with Gasteiger partial charge in [-0.1, -0.05) is 12.1 Å². The molecule has 3 N–H and O–H groups in total. The van der Waals surface area contributed by atoms with Crippen molar-refractivity contribution in [2.24, 2.45) is 5.73 Å². The molecule has 0 radical (unpaired) electrons. The Hall–Kier alpha value is -2.43. The summed E-state index contributed by atoms with van der Waals surface area (Å²) in [5, 5.41) is 9.31. The molecule has 1 aromatic heterocycles. The summed E-state index contributed by atoms with van der Waals surface area (Å²) in [5.74, 6) is 0.263. The van der Waals surface area contributed by atoms with E-state index in [2.05, 4.69) is 22.9 Å². The highest BCUT2D eigenvalue weighted by atomic mass is 16.4. The first kappa shape index (κ1) is 12.0. The van der Waals surface area contributed by atoms with E-state index in [4.69, 9.17) is 9.90 Å². The Labute approximate surface area is 103 Å². The molecule has 1 aliphatic rings. The normalized spacial score (nSPS) is 12.8. The van der Waals surface area contributed by atoms with Crippen LogP contribution in [0.1, 0.15) is 22.3 Å². The minimum absolute atomic E-state index is 0.263. The predicted octanol–water partition coefficient (Wildman–Crippen LogP) is 1.99. The lowest BCUT2D eigenvalue weighted by Gasteiger charge is -2.02. The van der Waals surface area contributed by atoms with Crippen LogP contribution in [0.2, 0.25) is 0 Å². The van der Waals surface area contributed by atoms with Crippen LogP contribution in [0, 0.1) is 0 Å². The average Bonchev–Trinajstić information content (AvgIpc) is 2.71. The highest BCUT2D eigenvalue weighted by Crippen LogP contribution is 2.28. The molecular formula is C13H12N2O3. The van der Waals surface area contributed by atoms with Gasteiger partial charge in [-0.25, -0.2) is 4.79 Å². The molecule has 1 aliphatic carbocycles.